The molecule has 1 aromatic heterocycles. The number of hydrogen-bond donors (Lipinski definition) is 2. The van der Waals surface area contributed by atoms with E-state index in [9.17, 15) is 4.79 Å². The summed E-state index contributed by atoms with van der Waals surface area (Å²) in [4.78, 5) is 25.6. The third kappa shape index (κ3) is 4.19. The quantitative estimate of drug-likeness (QED) is 0.440. The van der Waals surface area contributed by atoms with Crippen molar-refractivity contribution in [2.75, 3.05) is 29.9 Å². The second-order valence-corrected chi connectivity index (χ2v) is 8.98. The second kappa shape index (κ2) is 9.14. The molecule has 6 rings (SSSR count). The third-order valence-electron chi connectivity index (χ3n) is 6.76. The second-order valence-electron chi connectivity index (χ2n) is 8.98. The Hall–Kier alpha value is -4.32. The highest BCUT2D eigenvalue weighted by Crippen LogP contribution is 2.33. The van der Waals surface area contributed by atoms with E-state index in [0.717, 1.165) is 52.4 Å². The highest BCUT2D eigenvalue weighted by atomic mass is 16.2. The van der Waals surface area contributed by atoms with E-state index < -0.39 is 0 Å². The van der Waals surface area contributed by atoms with E-state index in [-0.39, 0.29) is 5.91 Å². The molecule has 3 heterocycles. The van der Waals surface area contributed by atoms with Gasteiger partial charge in [-0.15, -0.1) is 0 Å². The predicted molar refractivity (Wildman–Crippen MR) is 140 cm³/mol. The van der Waals surface area contributed by atoms with E-state index in [0.29, 0.717) is 19.6 Å². The van der Waals surface area contributed by atoms with Crippen LogP contribution in [0.1, 0.15) is 27.2 Å². The van der Waals surface area contributed by atoms with Gasteiger partial charge >= 0.3 is 0 Å². The minimum absolute atomic E-state index is 0.0645. The van der Waals surface area contributed by atoms with Gasteiger partial charge in [0.15, 0.2) is 0 Å². The van der Waals surface area contributed by atoms with Crippen LogP contribution in [0.25, 0.3) is 17.2 Å². The Morgan fingerprint density at radius 3 is 2.74 bits per heavy atom. The molecule has 1 amide bonds. The number of nitrogens with zero attached hydrogens (tertiary/aromatic N) is 3. The molecule has 0 unspecified atom stereocenters. The number of aromatic nitrogens is 2. The van der Waals surface area contributed by atoms with Crippen molar-refractivity contribution in [2.45, 2.75) is 13.1 Å². The summed E-state index contributed by atoms with van der Waals surface area (Å²) in [6.45, 7) is 3.45. The van der Waals surface area contributed by atoms with Gasteiger partial charge in [-0.3, -0.25) is 4.79 Å². The normalized spacial score (nSPS) is 14.6. The fraction of sp³-hybridized carbons (Fsp3) is 0.172. The average molecular weight is 462 g/mol. The van der Waals surface area contributed by atoms with Gasteiger partial charge in [0.1, 0.15) is 0 Å². The molecular formula is C29H27N5O. The van der Waals surface area contributed by atoms with E-state index in [2.05, 4.69) is 74.8 Å². The molecule has 35 heavy (non-hydrogen) atoms. The third-order valence-corrected chi connectivity index (χ3v) is 6.76. The van der Waals surface area contributed by atoms with Crippen LogP contribution < -0.4 is 10.2 Å². The summed E-state index contributed by atoms with van der Waals surface area (Å²) in [5, 5.41) is 3.37. The summed E-state index contributed by atoms with van der Waals surface area (Å²) >= 11 is 0. The Morgan fingerprint density at radius 1 is 0.971 bits per heavy atom. The average Bonchev–Trinajstić information content (AvgIpc) is 3.36. The van der Waals surface area contributed by atoms with Gasteiger partial charge < -0.3 is 20.1 Å². The maximum Gasteiger partial charge on any atom is 0.254 e. The summed E-state index contributed by atoms with van der Waals surface area (Å²) in [5.41, 5.74) is 8.42. The molecule has 0 radical (unpaired) electrons. The molecule has 4 aromatic rings. The molecule has 2 aliphatic rings. The molecule has 2 aliphatic heterocycles. The number of carbonyl (C=O) groups is 1. The zero-order valence-corrected chi connectivity index (χ0v) is 19.4. The number of benzene rings is 3. The van der Waals surface area contributed by atoms with Crippen LogP contribution in [0.4, 0.5) is 11.4 Å². The lowest BCUT2D eigenvalue weighted by atomic mass is 10.00. The zero-order valence-electron chi connectivity index (χ0n) is 19.4. The first-order valence-electron chi connectivity index (χ1n) is 12.0. The Balaban J connectivity index is 1.37. The van der Waals surface area contributed by atoms with Crippen LogP contribution >= 0.6 is 0 Å². The molecule has 0 saturated heterocycles. The Bertz CT molecular complexity index is 1380. The van der Waals surface area contributed by atoms with Crippen LogP contribution in [0.2, 0.25) is 0 Å². The zero-order chi connectivity index (χ0) is 23.6. The molecule has 0 saturated carbocycles. The first-order valence-corrected chi connectivity index (χ1v) is 12.0. The minimum Gasteiger partial charge on any atom is -0.381 e. The number of nitrogens with one attached hydrogen (secondary N) is 2. The molecule has 0 spiro atoms. The van der Waals surface area contributed by atoms with Crippen LogP contribution in [-0.4, -0.2) is 40.4 Å². The van der Waals surface area contributed by atoms with Gasteiger partial charge in [-0.25, -0.2) is 4.98 Å². The van der Waals surface area contributed by atoms with E-state index in [4.69, 9.17) is 0 Å². The van der Waals surface area contributed by atoms with Crippen LogP contribution in [-0.2, 0) is 13.1 Å². The highest BCUT2D eigenvalue weighted by molar-refractivity contribution is 6.00. The van der Waals surface area contributed by atoms with Crippen molar-refractivity contribution in [1.29, 1.82) is 0 Å². The SMILES string of the molecule is O=C(c1cccc2c1C=CCN2)N1CCN(Cc2cnc[nH]2)c2ccc(-c3ccccc3)cc2C1. The molecule has 6 nitrogen and oxygen atoms in total. The van der Waals surface area contributed by atoms with Crippen molar-refractivity contribution < 1.29 is 4.79 Å². The Kier molecular flexibility index (Phi) is 5.54. The first kappa shape index (κ1) is 21.2. The molecule has 2 N–H and O–H groups in total. The van der Waals surface area contributed by atoms with E-state index in [1.165, 1.54) is 5.56 Å². The number of anilines is 2. The van der Waals surface area contributed by atoms with Gasteiger partial charge in [0, 0.05) is 54.9 Å². The van der Waals surface area contributed by atoms with Crippen molar-refractivity contribution in [3.63, 3.8) is 0 Å². The summed E-state index contributed by atoms with van der Waals surface area (Å²) in [6, 6.07) is 22.9. The fourth-order valence-electron chi connectivity index (χ4n) is 4.99. The molecule has 174 valence electrons. The number of amides is 1. The number of aromatic amines is 1. The predicted octanol–water partition coefficient (Wildman–Crippen LogP) is 5.18. The van der Waals surface area contributed by atoms with Crippen molar-refractivity contribution in [3.05, 3.63) is 108 Å². The molecular weight excluding hydrogens is 434 g/mol. The lowest BCUT2D eigenvalue weighted by Gasteiger charge is -2.25. The molecule has 0 fully saturated rings. The number of imidazole rings is 1. The van der Waals surface area contributed by atoms with Gasteiger partial charge in [0.25, 0.3) is 5.91 Å². The van der Waals surface area contributed by atoms with Crippen LogP contribution in [0.5, 0.6) is 0 Å². The van der Waals surface area contributed by atoms with Crippen molar-refractivity contribution in [1.82, 2.24) is 14.9 Å². The highest BCUT2D eigenvalue weighted by Gasteiger charge is 2.26. The van der Waals surface area contributed by atoms with Crippen molar-refractivity contribution >= 4 is 23.4 Å². The number of carbonyl (C=O) groups excluding carboxylic acids is 1. The minimum atomic E-state index is 0.0645. The molecule has 0 aliphatic carbocycles. The van der Waals surface area contributed by atoms with Crippen molar-refractivity contribution in [3.8, 4) is 11.1 Å². The van der Waals surface area contributed by atoms with Gasteiger partial charge in [-0.2, -0.15) is 0 Å². The van der Waals surface area contributed by atoms with Gasteiger partial charge in [-0.05, 0) is 41.0 Å². The standard InChI is InChI=1S/C29H27N5O/c35-29(26-8-4-10-27-25(26)9-5-13-31-27)34-15-14-33(19-24-17-30-20-32-24)28-12-11-22(16-23(28)18-34)21-6-2-1-3-7-21/h1-12,16-17,20,31H,13-15,18-19H2,(H,30,32). The van der Waals surface area contributed by atoms with Crippen LogP contribution in [0, 0.1) is 0 Å². The molecule has 6 heteroatoms. The number of fused-ring (bicyclic) bond motifs is 2. The monoisotopic (exact) mass is 461 g/mol. The summed E-state index contributed by atoms with van der Waals surface area (Å²) in [5.74, 6) is 0.0645. The van der Waals surface area contributed by atoms with Crippen LogP contribution in [0.15, 0.2) is 85.3 Å². The largest absolute Gasteiger partial charge is 0.381 e. The maximum absolute atomic E-state index is 13.8. The van der Waals surface area contributed by atoms with E-state index in [1.807, 2.05) is 35.4 Å². The van der Waals surface area contributed by atoms with E-state index >= 15 is 0 Å². The van der Waals surface area contributed by atoms with E-state index in [1.54, 1.807) is 6.33 Å². The van der Waals surface area contributed by atoms with Crippen LogP contribution in [0.3, 0.4) is 0 Å². The lowest BCUT2D eigenvalue weighted by molar-refractivity contribution is 0.0751. The first-order chi connectivity index (χ1) is 17.3. The Labute approximate surface area is 204 Å². The van der Waals surface area contributed by atoms with Gasteiger partial charge in [-0.1, -0.05) is 54.6 Å². The fourth-order valence-corrected chi connectivity index (χ4v) is 4.99. The molecule has 0 atom stereocenters. The number of rotatable bonds is 4. The van der Waals surface area contributed by atoms with Gasteiger partial charge in [0.05, 0.1) is 18.6 Å². The molecule has 3 aromatic carbocycles. The lowest BCUT2D eigenvalue weighted by Crippen LogP contribution is -2.35. The van der Waals surface area contributed by atoms with Crippen molar-refractivity contribution in [2.24, 2.45) is 0 Å². The number of H-pyrrole nitrogens is 1. The smallest absolute Gasteiger partial charge is 0.254 e. The van der Waals surface area contributed by atoms with Gasteiger partial charge in [0.2, 0.25) is 0 Å². The maximum atomic E-state index is 13.8. The molecule has 0 bridgehead atoms. The topological polar surface area (TPSA) is 64.3 Å². The summed E-state index contributed by atoms with van der Waals surface area (Å²) in [6.07, 6.45) is 7.70. The number of hydrogen-bond acceptors (Lipinski definition) is 4. The Morgan fingerprint density at radius 2 is 1.89 bits per heavy atom. The summed E-state index contributed by atoms with van der Waals surface area (Å²) in [7, 11) is 0. The summed E-state index contributed by atoms with van der Waals surface area (Å²) < 4.78 is 0.